The molecule has 0 N–H and O–H groups in total. The fraction of sp³-hybridized carbons (Fsp3) is 0.500. The largest absolute Gasteiger partial charge is 0.377 e. The number of benzene rings is 1. The Morgan fingerprint density at radius 3 is 1.73 bits per heavy atom. The van der Waals surface area contributed by atoms with E-state index in [1.54, 1.807) is 0 Å². The van der Waals surface area contributed by atoms with Gasteiger partial charge in [-0.3, -0.25) is 0 Å². The minimum Gasteiger partial charge on any atom is -0.377 e. The molecule has 0 fully saturated rings. The van der Waals surface area contributed by atoms with Gasteiger partial charge in [-0.1, -0.05) is 13.8 Å². The van der Waals surface area contributed by atoms with Gasteiger partial charge in [-0.25, -0.2) is 0 Å². The average Bonchev–Trinajstić information content (AvgIpc) is 2.15. The molecule has 0 bridgehead atoms. The summed E-state index contributed by atoms with van der Waals surface area (Å²) in [5.74, 6) is 0. The zero-order chi connectivity index (χ0) is 10.7. The summed E-state index contributed by atoms with van der Waals surface area (Å²) < 4.78 is 0. The molecule has 1 aromatic rings. The lowest BCUT2D eigenvalue weighted by Crippen LogP contribution is -2.15. The zero-order valence-electron chi connectivity index (χ0n) is 10.2. The molecule has 1 nitrogen and oxygen atoms in total. The highest BCUT2D eigenvalue weighted by atomic mass is 31.0. The van der Waals surface area contributed by atoms with Crippen molar-refractivity contribution in [3.63, 3.8) is 0 Å². The minimum absolute atomic E-state index is 0. The quantitative estimate of drug-likeness (QED) is 0.556. The molecule has 0 spiro atoms. The van der Waals surface area contributed by atoms with Crippen LogP contribution in [0.3, 0.4) is 0 Å². The molecule has 0 amide bonds. The van der Waals surface area contributed by atoms with Crippen LogP contribution in [-0.4, -0.2) is 22.5 Å². The lowest BCUT2D eigenvalue weighted by Gasteiger charge is -2.21. The van der Waals surface area contributed by atoms with Crippen LogP contribution >= 0.6 is 9.24 Å². The van der Waals surface area contributed by atoms with Crippen molar-refractivity contribution in [3.05, 3.63) is 23.3 Å². The molecule has 0 aromatic heterocycles. The van der Waals surface area contributed by atoms with E-state index in [-0.39, 0.29) is 8.41 Å². The zero-order valence-corrected chi connectivity index (χ0v) is 11.3. The maximum Gasteiger partial charge on any atom is 0.0426 e. The van der Waals surface area contributed by atoms with Crippen LogP contribution < -0.4 is 10.2 Å². The molecule has 3 radical (unpaired) electrons. The predicted octanol–water partition coefficient (Wildman–Crippen LogP) is 2.00. The van der Waals surface area contributed by atoms with E-state index in [0.717, 1.165) is 12.8 Å². The van der Waals surface area contributed by atoms with E-state index in [9.17, 15) is 0 Å². The van der Waals surface area contributed by atoms with Gasteiger partial charge in [0.15, 0.2) is 0 Å². The lowest BCUT2D eigenvalue weighted by atomic mass is 10.0. The van der Waals surface area contributed by atoms with E-state index in [1.165, 1.54) is 22.1 Å². The SMILES string of the molecule is CCc1cc(P)cc(CC)c1N(C)C.[B]. The smallest absolute Gasteiger partial charge is 0.0426 e. The van der Waals surface area contributed by atoms with Crippen LogP contribution in [0.2, 0.25) is 0 Å². The summed E-state index contributed by atoms with van der Waals surface area (Å²) in [7, 11) is 7.03. The van der Waals surface area contributed by atoms with Crippen molar-refractivity contribution in [3.8, 4) is 0 Å². The highest BCUT2D eigenvalue weighted by Crippen LogP contribution is 2.24. The van der Waals surface area contributed by atoms with Crippen LogP contribution in [0.1, 0.15) is 25.0 Å². The first-order valence-corrected chi connectivity index (χ1v) is 5.76. The second kappa shape index (κ2) is 6.17. The van der Waals surface area contributed by atoms with Gasteiger partial charge in [0, 0.05) is 28.2 Å². The minimum atomic E-state index is 0. The van der Waals surface area contributed by atoms with Gasteiger partial charge < -0.3 is 4.90 Å². The van der Waals surface area contributed by atoms with Crippen molar-refractivity contribution in [1.82, 2.24) is 0 Å². The van der Waals surface area contributed by atoms with E-state index in [4.69, 9.17) is 0 Å². The number of nitrogens with zero attached hydrogens (tertiary/aromatic N) is 1. The first kappa shape index (κ1) is 14.5. The molecule has 15 heavy (non-hydrogen) atoms. The number of aryl methyl sites for hydroxylation is 2. The van der Waals surface area contributed by atoms with E-state index in [1.807, 2.05) is 0 Å². The first-order chi connectivity index (χ1) is 6.60. The third kappa shape index (κ3) is 3.24. The number of anilines is 1. The van der Waals surface area contributed by atoms with Crippen LogP contribution in [0.5, 0.6) is 0 Å². The van der Waals surface area contributed by atoms with Crippen molar-refractivity contribution in [2.75, 3.05) is 19.0 Å². The fourth-order valence-corrected chi connectivity index (χ4v) is 2.30. The molecule has 0 aliphatic carbocycles. The van der Waals surface area contributed by atoms with Crippen LogP contribution in [-0.2, 0) is 12.8 Å². The normalized spacial score (nSPS) is 9.67. The van der Waals surface area contributed by atoms with Gasteiger partial charge in [-0.05, 0) is 41.4 Å². The third-order valence-electron chi connectivity index (χ3n) is 2.50. The predicted molar refractivity (Wildman–Crippen MR) is 74.6 cm³/mol. The van der Waals surface area contributed by atoms with E-state index >= 15 is 0 Å². The van der Waals surface area contributed by atoms with Crippen LogP contribution in [0.4, 0.5) is 5.69 Å². The molecular formula is C12H20BNP. The third-order valence-corrected chi connectivity index (χ3v) is 2.83. The Balaban J connectivity index is 0.00000196. The Kier molecular flexibility index (Phi) is 5.98. The summed E-state index contributed by atoms with van der Waals surface area (Å²) in [6, 6.07) is 4.53. The number of hydrogen-bond donors (Lipinski definition) is 0. The fourth-order valence-electron chi connectivity index (χ4n) is 1.90. The topological polar surface area (TPSA) is 3.24 Å². The summed E-state index contributed by atoms with van der Waals surface area (Å²) in [5.41, 5.74) is 4.29. The molecule has 0 aliphatic heterocycles. The molecular weight excluding hydrogens is 200 g/mol. The van der Waals surface area contributed by atoms with Crippen molar-refractivity contribution in [2.24, 2.45) is 0 Å². The molecule has 1 atom stereocenters. The van der Waals surface area contributed by atoms with Gasteiger partial charge in [-0.2, -0.15) is 0 Å². The molecule has 1 rings (SSSR count). The highest BCUT2D eigenvalue weighted by Gasteiger charge is 2.08. The second-order valence-corrected chi connectivity index (χ2v) is 4.46. The maximum atomic E-state index is 2.79. The van der Waals surface area contributed by atoms with Gasteiger partial charge in [0.2, 0.25) is 0 Å². The van der Waals surface area contributed by atoms with Gasteiger partial charge in [0.25, 0.3) is 0 Å². The number of hydrogen-bond acceptors (Lipinski definition) is 1. The van der Waals surface area contributed by atoms with Crippen molar-refractivity contribution >= 4 is 28.6 Å². The first-order valence-electron chi connectivity index (χ1n) is 5.18. The van der Waals surface area contributed by atoms with Gasteiger partial charge >= 0.3 is 0 Å². The van der Waals surface area contributed by atoms with Crippen LogP contribution in [0.25, 0.3) is 0 Å². The van der Waals surface area contributed by atoms with E-state index in [0.29, 0.717) is 0 Å². The summed E-state index contributed by atoms with van der Waals surface area (Å²) in [4.78, 5) is 2.22. The van der Waals surface area contributed by atoms with Gasteiger partial charge in [-0.15, -0.1) is 9.24 Å². The Morgan fingerprint density at radius 1 is 1.07 bits per heavy atom. The van der Waals surface area contributed by atoms with Crippen molar-refractivity contribution in [1.29, 1.82) is 0 Å². The van der Waals surface area contributed by atoms with Crippen molar-refractivity contribution in [2.45, 2.75) is 26.7 Å². The Bertz CT molecular complexity index is 298. The molecule has 0 saturated heterocycles. The molecule has 3 heteroatoms. The van der Waals surface area contributed by atoms with Crippen LogP contribution in [0, 0.1) is 0 Å². The molecule has 0 saturated carbocycles. The summed E-state index contributed by atoms with van der Waals surface area (Å²) in [6.45, 7) is 4.43. The standard InChI is InChI=1S/C12H20NP.B/c1-5-9-7-11(14)8-10(6-2)12(9)13(3)4;/h7-8H,5-6,14H2,1-4H3;. The van der Waals surface area contributed by atoms with Gasteiger partial charge in [0.05, 0.1) is 0 Å². The molecule has 0 aliphatic rings. The molecule has 0 heterocycles. The Morgan fingerprint density at radius 2 is 1.47 bits per heavy atom. The van der Waals surface area contributed by atoms with Crippen molar-refractivity contribution < 1.29 is 0 Å². The number of rotatable bonds is 3. The summed E-state index contributed by atoms with van der Waals surface area (Å²) in [5, 5.41) is 1.30. The maximum absolute atomic E-state index is 2.79. The van der Waals surface area contributed by atoms with E-state index < -0.39 is 0 Å². The molecule has 1 unspecified atom stereocenters. The molecule has 81 valence electrons. The Hall–Kier alpha value is -0.485. The van der Waals surface area contributed by atoms with Gasteiger partial charge in [0.1, 0.15) is 0 Å². The van der Waals surface area contributed by atoms with Crippen LogP contribution in [0.15, 0.2) is 12.1 Å². The monoisotopic (exact) mass is 220 g/mol. The summed E-state index contributed by atoms with van der Waals surface area (Å²) >= 11 is 0. The summed E-state index contributed by atoms with van der Waals surface area (Å²) in [6.07, 6.45) is 2.20. The molecule has 1 aromatic carbocycles. The second-order valence-electron chi connectivity index (χ2n) is 3.79. The highest BCUT2D eigenvalue weighted by molar-refractivity contribution is 7.27. The average molecular weight is 220 g/mol. The lowest BCUT2D eigenvalue weighted by molar-refractivity contribution is 1.02. The Labute approximate surface area is 98.0 Å². The van der Waals surface area contributed by atoms with E-state index in [2.05, 4.69) is 54.2 Å².